The zero-order chi connectivity index (χ0) is 12.4. The minimum absolute atomic E-state index is 0.0132. The average molecular weight is 253 g/mol. The first-order chi connectivity index (χ1) is 8.08. The van der Waals surface area contributed by atoms with E-state index >= 15 is 0 Å². The molecule has 0 amide bonds. The van der Waals surface area contributed by atoms with E-state index in [-0.39, 0.29) is 16.1 Å². The highest BCUT2D eigenvalue weighted by Gasteiger charge is 2.13. The van der Waals surface area contributed by atoms with E-state index in [1.807, 2.05) is 0 Å². The van der Waals surface area contributed by atoms with Gasteiger partial charge in [-0.2, -0.15) is 0 Å². The predicted octanol–water partition coefficient (Wildman–Crippen LogP) is 3.85. The summed E-state index contributed by atoms with van der Waals surface area (Å²) in [5.41, 5.74) is 0.331. The Balaban J connectivity index is 2.44. The quantitative estimate of drug-likeness (QED) is 0.742. The van der Waals surface area contributed by atoms with Gasteiger partial charge in [-0.3, -0.25) is 4.79 Å². The van der Waals surface area contributed by atoms with Gasteiger partial charge in [0.05, 0.1) is 5.02 Å². The standard InChI is InChI=1S/C13H7ClF2O/c14-12-7-10(16)4-5-11(12)13(17)8-2-1-3-9(15)6-8/h1-7H. The van der Waals surface area contributed by atoms with Gasteiger partial charge in [-0.15, -0.1) is 0 Å². The van der Waals surface area contributed by atoms with Gasteiger partial charge in [-0.25, -0.2) is 8.78 Å². The van der Waals surface area contributed by atoms with Crippen molar-refractivity contribution in [1.82, 2.24) is 0 Å². The Morgan fingerprint density at radius 1 is 1.00 bits per heavy atom. The lowest BCUT2D eigenvalue weighted by Gasteiger charge is -2.03. The fraction of sp³-hybridized carbons (Fsp3) is 0. The molecule has 86 valence electrons. The first kappa shape index (κ1) is 11.7. The van der Waals surface area contributed by atoms with E-state index < -0.39 is 17.4 Å². The Bertz CT molecular complexity index is 581. The molecule has 0 spiro atoms. The second kappa shape index (κ2) is 4.63. The first-order valence-electron chi connectivity index (χ1n) is 4.83. The van der Waals surface area contributed by atoms with Crippen LogP contribution in [0.25, 0.3) is 0 Å². The summed E-state index contributed by atoms with van der Waals surface area (Å²) in [6, 6.07) is 8.73. The minimum atomic E-state index is -0.522. The fourth-order valence-electron chi connectivity index (χ4n) is 1.46. The van der Waals surface area contributed by atoms with Gasteiger partial charge < -0.3 is 0 Å². The molecule has 0 bridgehead atoms. The number of carbonyl (C=O) groups excluding carboxylic acids is 1. The lowest BCUT2D eigenvalue weighted by molar-refractivity contribution is 0.103. The van der Waals surface area contributed by atoms with E-state index in [0.717, 1.165) is 18.2 Å². The maximum atomic E-state index is 13.0. The molecule has 1 nitrogen and oxygen atoms in total. The third-order valence-electron chi connectivity index (χ3n) is 2.26. The molecular weight excluding hydrogens is 246 g/mol. The number of carbonyl (C=O) groups is 1. The molecule has 2 rings (SSSR count). The summed E-state index contributed by atoms with van der Waals surface area (Å²) in [4.78, 5) is 12.0. The Kier molecular flexibility index (Phi) is 3.20. The third kappa shape index (κ3) is 2.50. The van der Waals surface area contributed by atoms with Crippen LogP contribution in [0.3, 0.4) is 0 Å². The van der Waals surface area contributed by atoms with Gasteiger partial charge in [-0.05, 0) is 30.3 Å². The van der Waals surface area contributed by atoms with Gasteiger partial charge in [0.25, 0.3) is 0 Å². The van der Waals surface area contributed by atoms with E-state index in [0.29, 0.717) is 0 Å². The van der Waals surface area contributed by atoms with Crippen molar-refractivity contribution in [3.05, 3.63) is 70.2 Å². The molecule has 0 N–H and O–H groups in total. The Morgan fingerprint density at radius 3 is 2.35 bits per heavy atom. The average Bonchev–Trinajstić information content (AvgIpc) is 2.28. The molecule has 4 heteroatoms. The Morgan fingerprint density at radius 2 is 1.71 bits per heavy atom. The van der Waals surface area contributed by atoms with Crippen LogP contribution < -0.4 is 0 Å². The van der Waals surface area contributed by atoms with Crippen LogP contribution in [0, 0.1) is 11.6 Å². The molecule has 0 unspecified atom stereocenters. The van der Waals surface area contributed by atoms with E-state index in [1.54, 1.807) is 0 Å². The summed E-state index contributed by atoms with van der Waals surface area (Å²) in [7, 11) is 0. The molecule has 0 fully saturated rings. The van der Waals surface area contributed by atoms with Crippen molar-refractivity contribution in [2.75, 3.05) is 0 Å². The summed E-state index contributed by atoms with van der Waals surface area (Å²) in [6.07, 6.45) is 0. The molecule has 0 aliphatic carbocycles. The van der Waals surface area contributed by atoms with E-state index in [4.69, 9.17) is 11.6 Å². The Labute approximate surface area is 102 Å². The van der Waals surface area contributed by atoms with Crippen LogP contribution in [0.2, 0.25) is 5.02 Å². The van der Waals surface area contributed by atoms with Crippen molar-refractivity contribution in [3.63, 3.8) is 0 Å². The number of rotatable bonds is 2. The van der Waals surface area contributed by atoms with Crippen LogP contribution in [-0.2, 0) is 0 Å². The van der Waals surface area contributed by atoms with Crippen molar-refractivity contribution in [2.24, 2.45) is 0 Å². The highest BCUT2D eigenvalue weighted by molar-refractivity contribution is 6.35. The van der Waals surface area contributed by atoms with Crippen LogP contribution in [-0.4, -0.2) is 5.78 Å². The molecule has 0 saturated carbocycles. The van der Waals surface area contributed by atoms with E-state index in [1.165, 1.54) is 24.3 Å². The van der Waals surface area contributed by atoms with Crippen LogP contribution in [0.1, 0.15) is 15.9 Å². The highest BCUT2D eigenvalue weighted by Crippen LogP contribution is 2.20. The Hall–Kier alpha value is -1.74. The maximum Gasteiger partial charge on any atom is 0.194 e. The molecule has 0 heterocycles. The molecular formula is C13H7ClF2O. The highest BCUT2D eigenvalue weighted by atomic mass is 35.5. The normalized spacial score (nSPS) is 10.3. The molecule has 0 saturated heterocycles. The van der Waals surface area contributed by atoms with Gasteiger partial charge in [0.1, 0.15) is 11.6 Å². The number of benzene rings is 2. The van der Waals surface area contributed by atoms with Crippen molar-refractivity contribution < 1.29 is 13.6 Å². The minimum Gasteiger partial charge on any atom is -0.289 e. The summed E-state index contributed by atoms with van der Waals surface area (Å²) >= 11 is 5.76. The topological polar surface area (TPSA) is 17.1 Å². The summed E-state index contributed by atoms with van der Waals surface area (Å²) in [5, 5.41) is 0.0132. The third-order valence-corrected chi connectivity index (χ3v) is 2.58. The molecule has 0 aliphatic rings. The fourth-order valence-corrected chi connectivity index (χ4v) is 1.71. The molecule has 0 atom stereocenters. The lowest BCUT2D eigenvalue weighted by Crippen LogP contribution is -2.02. The molecule has 2 aromatic carbocycles. The second-order valence-electron chi connectivity index (χ2n) is 3.46. The van der Waals surface area contributed by atoms with Gasteiger partial charge >= 0.3 is 0 Å². The zero-order valence-corrected chi connectivity index (χ0v) is 9.34. The SMILES string of the molecule is O=C(c1cccc(F)c1)c1ccc(F)cc1Cl. The van der Waals surface area contributed by atoms with Crippen molar-refractivity contribution >= 4 is 17.4 Å². The van der Waals surface area contributed by atoms with Gasteiger partial charge in [0.15, 0.2) is 5.78 Å². The number of halogens is 3. The maximum absolute atomic E-state index is 13.0. The zero-order valence-electron chi connectivity index (χ0n) is 8.58. The largest absolute Gasteiger partial charge is 0.289 e. The predicted molar refractivity (Wildman–Crippen MR) is 61.2 cm³/mol. The van der Waals surface area contributed by atoms with Crippen molar-refractivity contribution in [2.45, 2.75) is 0 Å². The van der Waals surface area contributed by atoms with Crippen LogP contribution in [0.5, 0.6) is 0 Å². The van der Waals surface area contributed by atoms with Gasteiger partial charge in [0.2, 0.25) is 0 Å². The summed E-state index contributed by atoms with van der Waals surface area (Å²) in [6.45, 7) is 0. The molecule has 17 heavy (non-hydrogen) atoms. The van der Waals surface area contributed by atoms with Gasteiger partial charge in [0, 0.05) is 11.1 Å². The van der Waals surface area contributed by atoms with Crippen molar-refractivity contribution in [1.29, 1.82) is 0 Å². The lowest BCUT2D eigenvalue weighted by atomic mass is 10.0. The van der Waals surface area contributed by atoms with E-state index in [9.17, 15) is 13.6 Å². The number of hydrogen-bond acceptors (Lipinski definition) is 1. The first-order valence-corrected chi connectivity index (χ1v) is 5.21. The molecule has 0 aliphatic heterocycles. The van der Waals surface area contributed by atoms with E-state index in [2.05, 4.69) is 0 Å². The summed E-state index contributed by atoms with van der Waals surface area (Å²) in [5.74, 6) is -1.46. The smallest absolute Gasteiger partial charge is 0.194 e. The molecule has 0 aromatic heterocycles. The molecule has 0 radical (unpaired) electrons. The van der Waals surface area contributed by atoms with Crippen molar-refractivity contribution in [3.8, 4) is 0 Å². The number of ketones is 1. The van der Waals surface area contributed by atoms with Gasteiger partial charge in [-0.1, -0.05) is 23.7 Å². The van der Waals surface area contributed by atoms with Crippen LogP contribution in [0.4, 0.5) is 8.78 Å². The molecule has 2 aromatic rings. The van der Waals surface area contributed by atoms with Crippen LogP contribution in [0.15, 0.2) is 42.5 Å². The summed E-state index contributed by atoms with van der Waals surface area (Å²) < 4.78 is 25.8. The van der Waals surface area contributed by atoms with Crippen LogP contribution >= 0.6 is 11.6 Å². The second-order valence-corrected chi connectivity index (χ2v) is 3.87. The number of hydrogen-bond donors (Lipinski definition) is 0. The monoisotopic (exact) mass is 252 g/mol.